The van der Waals surface area contributed by atoms with Crippen LogP contribution in [0.15, 0.2) is 195 Å². The van der Waals surface area contributed by atoms with Crippen LogP contribution < -0.4 is 52.4 Å². The molecule has 0 aliphatic carbocycles. The molecule has 0 saturated carbocycles. The number of nitrogens with two attached hydrogens (primary N) is 1. The minimum Gasteiger partial charge on any atom is -0.487 e. The molecule has 30 heteroatoms. The first-order valence-corrected chi connectivity index (χ1v) is 40.1. The van der Waals surface area contributed by atoms with Gasteiger partial charge in [0.2, 0.25) is 35.5 Å². The summed E-state index contributed by atoms with van der Waals surface area (Å²) in [6.45, 7) is 20.9. The van der Waals surface area contributed by atoms with E-state index in [0.29, 0.717) is 57.3 Å². The van der Waals surface area contributed by atoms with Gasteiger partial charge in [-0.25, -0.2) is 32.5 Å². The minimum atomic E-state index is -4.43. The Balaban J connectivity index is 1.08. The summed E-state index contributed by atoms with van der Waals surface area (Å²) >= 11 is 0. The first-order valence-electron chi connectivity index (χ1n) is 38.6. The summed E-state index contributed by atoms with van der Waals surface area (Å²) < 4.78 is 61.6. The fourth-order valence-corrected chi connectivity index (χ4v) is 15.7. The minimum absolute atomic E-state index is 0.0198. The monoisotopic (exact) mass is 1620 g/mol. The van der Waals surface area contributed by atoms with E-state index >= 15 is 19.2 Å². The van der Waals surface area contributed by atoms with Gasteiger partial charge in [-0.15, -0.1) is 0 Å². The number of nitrogens with one attached hydrogen (secondary N) is 9. The van der Waals surface area contributed by atoms with Crippen LogP contribution >= 0.6 is 0 Å². The van der Waals surface area contributed by atoms with Crippen LogP contribution in [0.25, 0.3) is 10.9 Å². The van der Waals surface area contributed by atoms with Gasteiger partial charge >= 0.3 is 24.1 Å². The highest BCUT2D eigenvalue weighted by Crippen LogP contribution is 2.44. The van der Waals surface area contributed by atoms with Crippen LogP contribution in [0.4, 0.5) is 9.59 Å². The summed E-state index contributed by atoms with van der Waals surface area (Å²) in [6, 6.07) is 35.1. The fraction of sp³-hybridized carbons (Fsp3) is 0.368. The molecule has 6 atom stereocenters. The third-order valence-corrected chi connectivity index (χ3v) is 21.4. The molecule has 0 bridgehead atoms. The summed E-state index contributed by atoms with van der Waals surface area (Å²) in [5, 5.41) is 28.8. The van der Waals surface area contributed by atoms with E-state index in [1.165, 1.54) is 22.9 Å². The van der Waals surface area contributed by atoms with E-state index in [2.05, 4.69) is 55.1 Å². The highest BCUT2D eigenvalue weighted by molar-refractivity contribution is 7.90. The van der Waals surface area contributed by atoms with Crippen molar-refractivity contribution in [1.29, 1.82) is 5.41 Å². The van der Waals surface area contributed by atoms with Crippen molar-refractivity contribution in [3.63, 3.8) is 0 Å². The van der Waals surface area contributed by atoms with Crippen molar-refractivity contribution in [3.05, 3.63) is 245 Å². The van der Waals surface area contributed by atoms with Gasteiger partial charge in [-0.2, -0.15) is 0 Å². The maximum Gasteiger partial charge on any atom is 0.419 e. The second kappa shape index (κ2) is 40.2. The molecule has 0 radical (unpaired) electrons. The number of guanidine groups is 1. The van der Waals surface area contributed by atoms with Gasteiger partial charge in [0.1, 0.15) is 65.9 Å². The molecule has 29 nitrogen and oxygen atoms in total. The second-order valence-electron chi connectivity index (χ2n) is 30.2. The summed E-state index contributed by atoms with van der Waals surface area (Å²) in [5.41, 5.74) is 10.1. The molecule has 11 N–H and O–H groups in total. The Morgan fingerprint density at radius 2 is 1.14 bits per heavy atom. The third kappa shape index (κ3) is 23.2. The second-order valence-corrected chi connectivity index (χ2v) is 31.8. The molecule has 6 amide bonds. The number of hydrogen-bond donors (Lipinski definition) is 10. The maximum atomic E-state index is 15.7. The van der Waals surface area contributed by atoms with Gasteiger partial charge in [0.15, 0.2) is 0 Å². The lowest BCUT2D eigenvalue weighted by molar-refractivity contribution is -0.145. The zero-order chi connectivity index (χ0) is 84.8. The van der Waals surface area contributed by atoms with Gasteiger partial charge < -0.3 is 71.2 Å². The topological polar surface area (TPSA) is 403 Å². The molecule has 8 aromatic rings. The number of rotatable bonds is 38. The van der Waals surface area contributed by atoms with E-state index in [9.17, 15) is 32.4 Å². The number of para-hydroxylation sites is 1. The molecular formula is C87H105N13O16S. The number of amides is 6. The number of aromatic nitrogens is 3. The predicted octanol–water partition coefficient (Wildman–Crippen LogP) is 8.54. The lowest BCUT2D eigenvalue weighted by atomic mass is 9.77. The van der Waals surface area contributed by atoms with Gasteiger partial charge in [-0.1, -0.05) is 165 Å². The van der Waals surface area contributed by atoms with Crippen LogP contribution in [0.3, 0.4) is 0 Å². The number of benzene rings is 6. The van der Waals surface area contributed by atoms with Crippen molar-refractivity contribution in [2.45, 2.75) is 177 Å². The van der Waals surface area contributed by atoms with E-state index < -0.39 is 129 Å². The Kier molecular flexibility index (Phi) is 30.4. The number of carbonyl (C=O) groups is 9. The fourth-order valence-electron chi connectivity index (χ4n) is 14.2. The number of alkyl carbamates (subject to hydrolysis) is 1. The van der Waals surface area contributed by atoms with Crippen LogP contribution in [0.5, 0.6) is 5.75 Å². The van der Waals surface area contributed by atoms with E-state index in [4.69, 9.17) is 39.8 Å². The molecule has 6 aromatic carbocycles. The molecule has 3 heterocycles. The number of hydrogen-bond acceptors (Lipinski definition) is 19. The highest BCUT2D eigenvalue weighted by Gasteiger charge is 2.42. The van der Waals surface area contributed by atoms with Gasteiger partial charge in [0.25, 0.3) is 10.0 Å². The van der Waals surface area contributed by atoms with Crippen LogP contribution in [0.2, 0.25) is 0 Å². The highest BCUT2D eigenvalue weighted by atomic mass is 32.2. The number of carbonyl (C=O) groups excluding carboxylic acids is 9. The first-order chi connectivity index (χ1) is 55.8. The molecule has 0 spiro atoms. The molecule has 0 saturated heterocycles. The van der Waals surface area contributed by atoms with Crippen molar-refractivity contribution in [3.8, 4) is 5.75 Å². The number of unbranched alkanes of at least 4 members (excludes halogenated alkanes) is 1. The molecule has 1 aliphatic rings. The average molecular weight is 1620 g/mol. The molecule has 1 aliphatic heterocycles. The zero-order valence-electron chi connectivity index (χ0n) is 67.4. The number of sulfonamides is 1. The zero-order valence-corrected chi connectivity index (χ0v) is 68.2. The Hall–Kier alpha value is -12.4. The Bertz CT molecular complexity index is 4910. The average Bonchev–Trinajstić information content (AvgIpc) is 1.73. The standard InChI is InChI=1S/C87H105N13O16S/c1-12-45-113-73(101)50-66(88)76(102)95-71(49-63-53-99(54-92-63)87(60-33-20-15-21-34-60,61-35-22-16-23-36-61)62-37-24-17-25-38-62)80(106)96-69(47-58-31-18-14-19-32-58)78(104)93-67(41-30-44-90-82(89)98-117(110,111)75-56(4)55(3)74-65(57(75)5)51-86(9,10)115-74)77(103)97-70(48-59-52-100(84(109)116-85(6,7)8)72-42-27-26-39-64(59)72)79(105)94-68(81(107)112-11)40-28-29-43-91-83(108)114-46-13-2/h12-27,31-39,42,52-54,66-71H,1-2,28-30,40-41,43-51,88H2,3-11H3,(H,91,108)(H,93,104)(H,94,105)(H,95,102)(H,96,106)(H,97,103)(H3,89,90,98)/t66-,67-,68-,69+,70-,71-/m0/s1. The van der Waals surface area contributed by atoms with Gasteiger partial charge in [0, 0.05) is 62.1 Å². The number of methoxy groups -OCH3 is 1. The lowest BCUT2D eigenvalue weighted by Gasteiger charge is -2.37. The molecular weight excluding hydrogens is 1520 g/mol. The number of imidazole rings is 1. The van der Waals surface area contributed by atoms with E-state index in [0.717, 1.165) is 29.4 Å². The SMILES string of the molecule is C=CCOC(=O)C[C@H](N)C(=O)N[C@@H](Cc1cn(C(c2ccccc2)(c2ccccc2)c2ccccc2)cn1)C(=O)N[C@H](Cc1ccccc1)C(=O)N[C@@H](CCCNC(=N)NS(=O)(=O)c1c(C)c(C)c2c(c1C)CC(C)(C)O2)C(=O)N[C@@H](Cc1cn(C(=O)OC(C)(C)C)c2ccccc12)C(=O)N[C@@H](CCCCNC(=O)OCC=C)C(=O)OC. The van der Waals surface area contributed by atoms with Crippen LogP contribution in [-0.4, -0.2) is 163 Å². The number of fused-ring (bicyclic) bond motifs is 2. The van der Waals surface area contributed by atoms with E-state index in [1.54, 1.807) is 109 Å². The summed E-state index contributed by atoms with van der Waals surface area (Å²) in [6.07, 6.45) is 5.14. The quantitative estimate of drug-likeness (QED) is 0.00329. The van der Waals surface area contributed by atoms with Crippen LogP contribution in [0, 0.1) is 26.2 Å². The number of esters is 2. The molecule has 620 valence electrons. The van der Waals surface area contributed by atoms with Crippen LogP contribution in [0.1, 0.15) is 129 Å². The van der Waals surface area contributed by atoms with E-state index in [1.807, 2.05) is 109 Å². The predicted molar refractivity (Wildman–Crippen MR) is 441 cm³/mol. The van der Waals surface area contributed by atoms with Crippen molar-refractivity contribution < 1.29 is 75.3 Å². The third-order valence-electron chi connectivity index (χ3n) is 19.8. The van der Waals surface area contributed by atoms with E-state index in [-0.39, 0.29) is 81.8 Å². The summed E-state index contributed by atoms with van der Waals surface area (Å²) in [7, 11) is -3.30. The van der Waals surface area contributed by atoms with Gasteiger partial charge in [-0.3, -0.25) is 38.7 Å². The van der Waals surface area contributed by atoms with Gasteiger partial charge in [-0.05, 0) is 138 Å². The van der Waals surface area contributed by atoms with Crippen molar-refractivity contribution in [1.82, 2.24) is 56.1 Å². The van der Waals surface area contributed by atoms with Gasteiger partial charge in [0.05, 0.1) is 42.0 Å². The van der Waals surface area contributed by atoms with Crippen molar-refractivity contribution in [2.75, 3.05) is 33.4 Å². The molecule has 9 rings (SSSR count). The summed E-state index contributed by atoms with van der Waals surface area (Å²) in [4.78, 5) is 134. The van der Waals surface area contributed by atoms with Crippen molar-refractivity contribution in [2.24, 2.45) is 5.73 Å². The van der Waals surface area contributed by atoms with Crippen LogP contribution in [-0.2, 0) is 93.8 Å². The molecule has 0 fully saturated rings. The smallest absolute Gasteiger partial charge is 0.419 e. The van der Waals surface area contributed by atoms with Crippen molar-refractivity contribution >= 4 is 80.5 Å². The first kappa shape index (κ1) is 88.5. The molecule has 117 heavy (non-hydrogen) atoms. The number of ether oxygens (including phenoxy) is 5. The molecule has 2 aromatic heterocycles. The Morgan fingerprint density at radius 1 is 0.624 bits per heavy atom. The lowest BCUT2D eigenvalue weighted by Crippen LogP contribution is -2.60. The maximum absolute atomic E-state index is 15.7. The number of nitrogens with zero attached hydrogens (tertiary/aromatic N) is 3. The Labute approximate surface area is 681 Å². The normalized spacial score (nSPS) is 13.9. The Morgan fingerprint density at radius 3 is 1.73 bits per heavy atom. The summed E-state index contributed by atoms with van der Waals surface area (Å²) in [5.74, 6) is -6.46. The molecule has 0 unspecified atom stereocenters. The largest absolute Gasteiger partial charge is 0.487 e.